The van der Waals surface area contributed by atoms with Gasteiger partial charge >= 0.3 is 5.97 Å². The van der Waals surface area contributed by atoms with Crippen LogP contribution in [0.5, 0.6) is 0 Å². The lowest BCUT2D eigenvalue weighted by atomic mass is 10.00. The summed E-state index contributed by atoms with van der Waals surface area (Å²) in [4.78, 5) is 11.1. The van der Waals surface area contributed by atoms with E-state index in [0.717, 1.165) is 6.42 Å². The van der Waals surface area contributed by atoms with E-state index in [4.69, 9.17) is 10.5 Å². The standard InChI is InChI=1S/C8H17NO2/c1-4-7(6(3)9)8(10)11-5-2/h6-7H,4-5,9H2,1-3H3/t6-,7+/m1/s1. The number of carbonyl (C=O) groups is 1. The molecule has 0 bridgehead atoms. The zero-order chi connectivity index (χ0) is 8.85. The van der Waals surface area contributed by atoms with E-state index in [1.165, 1.54) is 0 Å². The van der Waals surface area contributed by atoms with Gasteiger partial charge in [-0.05, 0) is 20.3 Å². The van der Waals surface area contributed by atoms with Gasteiger partial charge < -0.3 is 10.5 Å². The van der Waals surface area contributed by atoms with Gasteiger partial charge in [0.05, 0.1) is 12.5 Å². The van der Waals surface area contributed by atoms with Gasteiger partial charge in [0.15, 0.2) is 0 Å². The van der Waals surface area contributed by atoms with Crippen molar-refractivity contribution in [1.82, 2.24) is 0 Å². The van der Waals surface area contributed by atoms with Crippen molar-refractivity contribution in [3.05, 3.63) is 0 Å². The summed E-state index contributed by atoms with van der Waals surface area (Å²) in [5, 5.41) is 0. The summed E-state index contributed by atoms with van der Waals surface area (Å²) in [5.74, 6) is -0.319. The molecule has 3 nitrogen and oxygen atoms in total. The second-order valence-corrected chi connectivity index (χ2v) is 2.63. The van der Waals surface area contributed by atoms with E-state index >= 15 is 0 Å². The first-order valence-electron chi connectivity index (χ1n) is 4.05. The molecule has 0 aliphatic carbocycles. The van der Waals surface area contributed by atoms with Gasteiger partial charge in [0.25, 0.3) is 0 Å². The molecular formula is C8H17NO2. The number of carbonyl (C=O) groups excluding carboxylic acids is 1. The van der Waals surface area contributed by atoms with E-state index in [-0.39, 0.29) is 17.9 Å². The van der Waals surface area contributed by atoms with Crippen LogP contribution in [0.1, 0.15) is 27.2 Å². The van der Waals surface area contributed by atoms with Gasteiger partial charge in [0.1, 0.15) is 0 Å². The molecule has 66 valence electrons. The maximum atomic E-state index is 11.1. The molecule has 0 saturated carbocycles. The molecule has 0 fully saturated rings. The van der Waals surface area contributed by atoms with Crippen LogP contribution in [-0.2, 0) is 9.53 Å². The number of nitrogens with two attached hydrogens (primary N) is 1. The normalized spacial score (nSPS) is 15.6. The Morgan fingerprint density at radius 3 is 2.36 bits per heavy atom. The third-order valence-electron chi connectivity index (χ3n) is 1.66. The molecule has 0 aromatic carbocycles. The predicted molar refractivity (Wildman–Crippen MR) is 44.1 cm³/mol. The third kappa shape index (κ3) is 3.37. The number of hydrogen-bond acceptors (Lipinski definition) is 3. The fourth-order valence-electron chi connectivity index (χ4n) is 1.00. The summed E-state index contributed by atoms with van der Waals surface area (Å²) >= 11 is 0. The second-order valence-electron chi connectivity index (χ2n) is 2.63. The largest absolute Gasteiger partial charge is 0.466 e. The lowest BCUT2D eigenvalue weighted by molar-refractivity contribution is -0.148. The zero-order valence-electron chi connectivity index (χ0n) is 7.46. The number of rotatable bonds is 4. The molecule has 3 heteroatoms. The molecule has 0 unspecified atom stereocenters. The average molecular weight is 159 g/mol. The summed E-state index contributed by atoms with van der Waals surface area (Å²) < 4.78 is 4.84. The van der Waals surface area contributed by atoms with Crippen molar-refractivity contribution in [3.63, 3.8) is 0 Å². The molecule has 0 heterocycles. The summed E-state index contributed by atoms with van der Waals surface area (Å²) in [6, 6.07) is -0.112. The van der Waals surface area contributed by atoms with E-state index in [1.54, 1.807) is 6.92 Å². The van der Waals surface area contributed by atoms with Crippen molar-refractivity contribution in [2.45, 2.75) is 33.2 Å². The van der Waals surface area contributed by atoms with Gasteiger partial charge in [-0.2, -0.15) is 0 Å². The van der Waals surface area contributed by atoms with E-state index < -0.39 is 0 Å². The van der Waals surface area contributed by atoms with Crippen molar-refractivity contribution in [3.8, 4) is 0 Å². The van der Waals surface area contributed by atoms with Crippen LogP contribution in [0.15, 0.2) is 0 Å². The van der Waals surface area contributed by atoms with Gasteiger partial charge in [-0.15, -0.1) is 0 Å². The van der Waals surface area contributed by atoms with Crippen LogP contribution in [0, 0.1) is 5.92 Å². The van der Waals surface area contributed by atoms with E-state index in [2.05, 4.69) is 0 Å². The first-order chi connectivity index (χ1) is 5.13. The second kappa shape index (κ2) is 5.13. The molecule has 0 rings (SSSR count). The van der Waals surface area contributed by atoms with Crippen LogP contribution < -0.4 is 5.73 Å². The maximum absolute atomic E-state index is 11.1. The highest BCUT2D eigenvalue weighted by atomic mass is 16.5. The number of ether oxygens (including phenoxy) is 1. The van der Waals surface area contributed by atoms with Gasteiger partial charge in [-0.3, -0.25) is 4.79 Å². The topological polar surface area (TPSA) is 52.3 Å². The average Bonchev–Trinajstić information content (AvgIpc) is 1.88. The minimum absolute atomic E-state index is 0.112. The summed E-state index contributed by atoms with van der Waals surface area (Å²) in [6.45, 7) is 5.99. The van der Waals surface area contributed by atoms with E-state index in [9.17, 15) is 4.79 Å². The van der Waals surface area contributed by atoms with Crippen molar-refractivity contribution in [2.24, 2.45) is 11.7 Å². The van der Waals surface area contributed by atoms with Crippen LogP contribution in [0.25, 0.3) is 0 Å². The summed E-state index contributed by atoms with van der Waals surface area (Å²) in [6.07, 6.45) is 0.747. The summed E-state index contributed by atoms with van der Waals surface area (Å²) in [7, 11) is 0. The Morgan fingerprint density at radius 1 is 1.55 bits per heavy atom. The molecule has 11 heavy (non-hydrogen) atoms. The first-order valence-corrected chi connectivity index (χ1v) is 4.05. The Kier molecular flexibility index (Phi) is 4.86. The summed E-state index contributed by atoms with van der Waals surface area (Å²) in [5.41, 5.74) is 5.58. The minimum Gasteiger partial charge on any atom is -0.466 e. The minimum atomic E-state index is -0.176. The molecule has 0 amide bonds. The Labute approximate surface area is 67.9 Å². The molecule has 2 N–H and O–H groups in total. The predicted octanol–water partition coefficient (Wildman–Crippen LogP) is 0.923. The Hall–Kier alpha value is -0.570. The lowest BCUT2D eigenvalue weighted by Gasteiger charge is -2.16. The van der Waals surface area contributed by atoms with Gasteiger partial charge in [-0.1, -0.05) is 6.92 Å². The highest BCUT2D eigenvalue weighted by Gasteiger charge is 2.21. The quantitative estimate of drug-likeness (QED) is 0.621. The number of hydrogen-bond donors (Lipinski definition) is 1. The zero-order valence-corrected chi connectivity index (χ0v) is 7.46. The molecule has 0 aliphatic rings. The van der Waals surface area contributed by atoms with Crippen molar-refractivity contribution >= 4 is 5.97 Å². The Balaban J connectivity index is 3.92. The molecule has 0 radical (unpaired) electrons. The molecule has 0 aromatic rings. The highest BCUT2D eigenvalue weighted by Crippen LogP contribution is 2.08. The van der Waals surface area contributed by atoms with Crippen LogP contribution in [-0.4, -0.2) is 18.6 Å². The number of esters is 1. The van der Waals surface area contributed by atoms with Crippen molar-refractivity contribution < 1.29 is 9.53 Å². The third-order valence-corrected chi connectivity index (χ3v) is 1.66. The monoisotopic (exact) mass is 159 g/mol. The fourth-order valence-corrected chi connectivity index (χ4v) is 1.00. The van der Waals surface area contributed by atoms with Crippen LogP contribution in [0.4, 0.5) is 0 Å². The molecular weight excluding hydrogens is 142 g/mol. The smallest absolute Gasteiger partial charge is 0.310 e. The lowest BCUT2D eigenvalue weighted by Crippen LogP contribution is -2.33. The SMILES string of the molecule is CCOC(=O)[C@@H](CC)[C@@H](C)N. The van der Waals surface area contributed by atoms with Crippen LogP contribution >= 0.6 is 0 Å². The molecule has 0 spiro atoms. The Bertz CT molecular complexity index is 123. The van der Waals surface area contributed by atoms with Gasteiger partial charge in [0, 0.05) is 6.04 Å². The van der Waals surface area contributed by atoms with Gasteiger partial charge in [0.2, 0.25) is 0 Å². The van der Waals surface area contributed by atoms with E-state index in [0.29, 0.717) is 6.61 Å². The maximum Gasteiger partial charge on any atom is 0.310 e. The highest BCUT2D eigenvalue weighted by molar-refractivity contribution is 5.73. The first kappa shape index (κ1) is 10.4. The van der Waals surface area contributed by atoms with E-state index in [1.807, 2.05) is 13.8 Å². The molecule has 0 saturated heterocycles. The van der Waals surface area contributed by atoms with Gasteiger partial charge in [-0.25, -0.2) is 0 Å². The van der Waals surface area contributed by atoms with Crippen molar-refractivity contribution in [1.29, 1.82) is 0 Å². The van der Waals surface area contributed by atoms with Crippen LogP contribution in [0.3, 0.4) is 0 Å². The molecule has 0 aromatic heterocycles. The van der Waals surface area contributed by atoms with Crippen LogP contribution in [0.2, 0.25) is 0 Å². The molecule has 0 aliphatic heterocycles. The Morgan fingerprint density at radius 2 is 2.09 bits per heavy atom. The van der Waals surface area contributed by atoms with Crippen molar-refractivity contribution in [2.75, 3.05) is 6.61 Å². The fraction of sp³-hybridized carbons (Fsp3) is 0.875. The molecule has 2 atom stereocenters.